The van der Waals surface area contributed by atoms with Crippen molar-refractivity contribution in [1.82, 2.24) is 15.6 Å². The van der Waals surface area contributed by atoms with Crippen molar-refractivity contribution in [3.05, 3.63) is 59.7 Å². The second-order valence-electron chi connectivity index (χ2n) is 5.04. The molecule has 0 aliphatic rings. The van der Waals surface area contributed by atoms with Gasteiger partial charge in [0.05, 0.1) is 19.0 Å². The molecule has 2 heterocycles. The van der Waals surface area contributed by atoms with Crippen LogP contribution in [0.5, 0.6) is 5.75 Å². The molecule has 0 aliphatic carbocycles. The van der Waals surface area contributed by atoms with Crippen LogP contribution < -0.4 is 10.2 Å². The lowest BCUT2D eigenvalue weighted by atomic mass is 10.1. The third-order valence-corrected chi connectivity index (χ3v) is 3.33. The molecule has 122 valence electrons. The molecule has 1 amide bonds. The van der Waals surface area contributed by atoms with Gasteiger partial charge < -0.3 is 9.15 Å². The van der Waals surface area contributed by atoms with Crippen molar-refractivity contribution in [2.75, 3.05) is 7.11 Å². The zero-order valence-electron chi connectivity index (χ0n) is 13.2. The Morgan fingerprint density at radius 1 is 1.29 bits per heavy atom. The van der Waals surface area contributed by atoms with Crippen LogP contribution in [0.1, 0.15) is 22.0 Å². The summed E-state index contributed by atoms with van der Waals surface area (Å²) >= 11 is 0. The quantitative estimate of drug-likeness (QED) is 0.557. The van der Waals surface area contributed by atoms with Gasteiger partial charge in [0, 0.05) is 5.56 Å². The van der Waals surface area contributed by atoms with E-state index in [0.717, 1.165) is 17.1 Å². The number of nitrogens with zero attached hydrogens (tertiary/aromatic N) is 2. The minimum Gasteiger partial charge on any atom is -0.497 e. The number of ether oxygens (including phenoxy) is 1. The number of amides is 1. The number of aryl methyl sites for hydroxylation is 1. The summed E-state index contributed by atoms with van der Waals surface area (Å²) in [6, 6.07) is 12.6. The molecule has 0 unspecified atom stereocenters. The topological polar surface area (TPSA) is 92.5 Å². The summed E-state index contributed by atoms with van der Waals surface area (Å²) in [4.78, 5) is 12.0. The lowest BCUT2D eigenvalue weighted by Gasteiger charge is -1.99. The van der Waals surface area contributed by atoms with Gasteiger partial charge in [0.1, 0.15) is 23.0 Å². The maximum absolute atomic E-state index is 12.0. The van der Waals surface area contributed by atoms with Gasteiger partial charge in [-0.05, 0) is 49.4 Å². The molecule has 7 nitrogen and oxygen atoms in total. The number of hydrazone groups is 1. The van der Waals surface area contributed by atoms with Gasteiger partial charge in [-0.15, -0.1) is 0 Å². The number of carbonyl (C=O) groups is 1. The highest BCUT2D eigenvalue weighted by atomic mass is 16.5. The zero-order valence-corrected chi connectivity index (χ0v) is 13.2. The van der Waals surface area contributed by atoms with Gasteiger partial charge in [0.15, 0.2) is 0 Å². The molecule has 7 heteroatoms. The van der Waals surface area contributed by atoms with E-state index in [4.69, 9.17) is 9.15 Å². The molecular formula is C17H16N4O3. The molecule has 0 bridgehead atoms. The van der Waals surface area contributed by atoms with Crippen LogP contribution in [0.15, 0.2) is 52.0 Å². The number of carbonyl (C=O) groups excluding carboxylic acids is 1. The van der Waals surface area contributed by atoms with Crippen LogP contribution in [0.25, 0.3) is 11.3 Å². The van der Waals surface area contributed by atoms with Crippen molar-refractivity contribution in [3.8, 4) is 17.0 Å². The highest BCUT2D eigenvalue weighted by molar-refractivity contribution is 5.93. The molecule has 3 aromatic rings. The van der Waals surface area contributed by atoms with E-state index >= 15 is 0 Å². The van der Waals surface area contributed by atoms with Crippen LogP contribution in [0.2, 0.25) is 0 Å². The van der Waals surface area contributed by atoms with Crippen molar-refractivity contribution >= 4 is 12.1 Å². The summed E-state index contributed by atoms with van der Waals surface area (Å²) in [6.07, 6.45) is 1.44. The Bertz CT molecular complexity index is 862. The predicted octanol–water partition coefficient (Wildman–Crippen LogP) is 2.75. The first kappa shape index (κ1) is 15.5. The average molecular weight is 324 g/mol. The molecule has 1 aromatic carbocycles. The largest absolute Gasteiger partial charge is 0.497 e. The van der Waals surface area contributed by atoms with Crippen molar-refractivity contribution in [1.29, 1.82) is 0 Å². The fraction of sp³-hybridized carbons (Fsp3) is 0.118. The predicted molar refractivity (Wildman–Crippen MR) is 89.1 cm³/mol. The average Bonchev–Trinajstić information content (AvgIpc) is 3.24. The summed E-state index contributed by atoms with van der Waals surface area (Å²) in [5.41, 5.74) is 4.27. The number of nitrogens with one attached hydrogen (secondary N) is 2. The highest BCUT2D eigenvalue weighted by Gasteiger charge is 2.10. The lowest BCUT2D eigenvalue weighted by Crippen LogP contribution is -2.17. The Kier molecular flexibility index (Phi) is 4.42. The number of furan rings is 1. The molecular weight excluding hydrogens is 308 g/mol. The van der Waals surface area contributed by atoms with Gasteiger partial charge >= 0.3 is 0 Å². The van der Waals surface area contributed by atoms with Crippen LogP contribution in [-0.2, 0) is 0 Å². The number of aromatic nitrogens is 2. The summed E-state index contributed by atoms with van der Waals surface area (Å²) in [7, 11) is 1.61. The minimum absolute atomic E-state index is 0.314. The van der Waals surface area contributed by atoms with Gasteiger partial charge in [0.25, 0.3) is 5.91 Å². The van der Waals surface area contributed by atoms with E-state index in [1.807, 2.05) is 37.3 Å². The molecule has 0 spiro atoms. The molecule has 2 N–H and O–H groups in total. The van der Waals surface area contributed by atoms with Crippen molar-refractivity contribution in [3.63, 3.8) is 0 Å². The Balaban J connectivity index is 1.65. The third kappa shape index (κ3) is 3.52. The summed E-state index contributed by atoms with van der Waals surface area (Å²) in [5, 5.41) is 10.7. The van der Waals surface area contributed by atoms with E-state index in [2.05, 4.69) is 20.7 Å². The van der Waals surface area contributed by atoms with Gasteiger partial charge in [-0.3, -0.25) is 9.89 Å². The Morgan fingerprint density at radius 3 is 2.75 bits per heavy atom. The first-order valence-corrected chi connectivity index (χ1v) is 7.25. The fourth-order valence-electron chi connectivity index (χ4n) is 2.09. The maximum atomic E-state index is 12.0. The monoisotopic (exact) mass is 324 g/mol. The van der Waals surface area contributed by atoms with E-state index in [1.165, 1.54) is 6.21 Å². The maximum Gasteiger partial charge on any atom is 0.289 e. The molecule has 0 radical (unpaired) electrons. The van der Waals surface area contributed by atoms with Crippen LogP contribution >= 0.6 is 0 Å². The standard InChI is InChI=1S/C17H16N4O3/c1-11-3-6-14(24-11)10-18-21-17(22)16-9-15(19-20-16)12-4-7-13(23-2)8-5-12/h3-10H,1-2H3,(H,19,20)(H,21,22)/b18-10+. The van der Waals surface area contributed by atoms with E-state index in [1.54, 1.807) is 19.2 Å². The first-order chi connectivity index (χ1) is 11.7. The molecule has 0 atom stereocenters. The molecule has 0 saturated carbocycles. The molecule has 0 aliphatic heterocycles. The molecule has 0 fully saturated rings. The number of aromatic amines is 1. The number of rotatable bonds is 5. The van der Waals surface area contributed by atoms with E-state index in [-0.39, 0.29) is 5.91 Å². The minimum atomic E-state index is -0.387. The summed E-state index contributed by atoms with van der Waals surface area (Å²) in [5.74, 6) is 1.72. The van der Waals surface area contributed by atoms with Crippen molar-refractivity contribution < 1.29 is 13.9 Å². The molecule has 2 aromatic heterocycles. The normalized spacial score (nSPS) is 10.9. The van der Waals surface area contributed by atoms with E-state index in [0.29, 0.717) is 17.1 Å². The number of H-pyrrole nitrogens is 1. The number of methoxy groups -OCH3 is 1. The van der Waals surface area contributed by atoms with Gasteiger partial charge in [-0.2, -0.15) is 10.2 Å². The second-order valence-corrected chi connectivity index (χ2v) is 5.04. The number of benzene rings is 1. The smallest absolute Gasteiger partial charge is 0.289 e. The molecule has 0 saturated heterocycles. The van der Waals surface area contributed by atoms with Crippen molar-refractivity contribution in [2.24, 2.45) is 5.10 Å². The molecule has 24 heavy (non-hydrogen) atoms. The Morgan fingerprint density at radius 2 is 2.08 bits per heavy atom. The van der Waals surface area contributed by atoms with Crippen LogP contribution in [0.3, 0.4) is 0 Å². The fourth-order valence-corrected chi connectivity index (χ4v) is 2.09. The Hall–Kier alpha value is -3.35. The SMILES string of the molecule is COc1ccc(-c2cc(C(=O)N/N=C/c3ccc(C)o3)[nH]n2)cc1. The van der Waals surface area contributed by atoms with Crippen LogP contribution in [0.4, 0.5) is 0 Å². The van der Waals surface area contributed by atoms with Crippen LogP contribution in [0, 0.1) is 6.92 Å². The van der Waals surface area contributed by atoms with E-state index in [9.17, 15) is 4.79 Å². The third-order valence-electron chi connectivity index (χ3n) is 3.33. The van der Waals surface area contributed by atoms with E-state index < -0.39 is 0 Å². The number of hydrogen-bond acceptors (Lipinski definition) is 5. The first-order valence-electron chi connectivity index (χ1n) is 7.25. The van der Waals surface area contributed by atoms with Crippen molar-refractivity contribution in [2.45, 2.75) is 6.92 Å². The molecule has 3 rings (SSSR count). The highest BCUT2D eigenvalue weighted by Crippen LogP contribution is 2.21. The number of hydrogen-bond donors (Lipinski definition) is 2. The Labute approximate surface area is 138 Å². The van der Waals surface area contributed by atoms with Gasteiger partial charge in [0.2, 0.25) is 0 Å². The summed E-state index contributed by atoms with van der Waals surface area (Å²) in [6.45, 7) is 1.83. The van der Waals surface area contributed by atoms with Gasteiger partial charge in [-0.1, -0.05) is 0 Å². The second kappa shape index (κ2) is 6.82. The summed E-state index contributed by atoms with van der Waals surface area (Å²) < 4.78 is 10.4. The zero-order chi connectivity index (χ0) is 16.9. The van der Waals surface area contributed by atoms with Gasteiger partial charge in [-0.25, -0.2) is 5.43 Å². The van der Waals surface area contributed by atoms with Crippen LogP contribution in [-0.4, -0.2) is 29.4 Å². The lowest BCUT2D eigenvalue weighted by molar-refractivity contribution is 0.0950.